The maximum atomic E-state index is 11.6. The molecule has 0 spiro atoms. The van der Waals surface area contributed by atoms with Crippen molar-refractivity contribution in [3.8, 4) is 0 Å². The third-order valence-electron chi connectivity index (χ3n) is 6.28. The molecule has 19 heavy (non-hydrogen) atoms. The van der Waals surface area contributed by atoms with E-state index in [1.165, 1.54) is 38.5 Å². The summed E-state index contributed by atoms with van der Waals surface area (Å²) in [5.74, 6) is 2.02. The van der Waals surface area contributed by atoms with Gasteiger partial charge in [-0.3, -0.25) is 0 Å². The molecule has 0 N–H and O–H groups in total. The Morgan fingerprint density at radius 2 is 1.84 bits per heavy atom. The highest BCUT2D eigenvalue weighted by molar-refractivity contribution is 5.57. The van der Waals surface area contributed by atoms with Crippen LogP contribution in [-0.4, -0.2) is 18.5 Å². The number of carbonyl (C=O) groups is 1. The predicted molar refractivity (Wildman–Crippen MR) is 75.9 cm³/mol. The van der Waals surface area contributed by atoms with Gasteiger partial charge in [-0.15, -0.1) is 0 Å². The van der Waals surface area contributed by atoms with Crippen LogP contribution >= 0.6 is 0 Å². The first-order valence-electron chi connectivity index (χ1n) is 8.23. The maximum absolute atomic E-state index is 11.6. The molecule has 0 radical (unpaired) electrons. The summed E-state index contributed by atoms with van der Waals surface area (Å²) in [5.41, 5.74) is 0.295. The zero-order valence-corrected chi connectivity index (χ0v) is 12.4. The molecule has 0 aromatic rings. The van der Waals surface area contributed by atoms with Gasteiger partial charge >= 0.3 is 0 Å². The maximum Gasteiger partial charge on any atom is 0.149 e. The Bertz CT molecular complexity index is 330. The second-order valence-corrected chi connectivity index (χ2v) is 7.61. The molecule has 3 aliphatic carbocycles. The molecule has 3 saturated carbocycles. The molecular weight excluding hydrogens is 236 g/mol. The highest BCUT2D eigenvalue weighted by atomic mass is 16.5. The molecule has 4 atom stereocenters. The van der Waals surface area contributed by atoms with Crippen molar-refractivity contribution < 1.29 is 9.53 Å². The average Bonchev–Trinajstić information content (AvgIpc) is 2.96. The Hall–Kier alpha value is -0.370. The molecular formula is C17H28O2. The Balaban J connectivity index is 1.69. The molecule has 0 heterocycles. The molecule has 3 rings (SSSR count). The fourth-order valence-corrected chi connectivity index (χ4v) is 5.21. The smallest absolute Gasteiger partial charge is 0.149 e. The Labute approximate surface area is 117 Å². The second-order valence-electron chi connectivity index (χ2n) is 7.61. The van der Waals surface area contributed by atoms with Gasteiger partial charge in [0.2, 0.25) is 0 Å². The van der Waals surface area contributed by atoms with E-state index < -0.39 is 0 Å². The van der Waals surface area contributed by atoms with Crippen LogP contribution in [0.15, 0.2) is 0 Å². The van der Waals surface area contributed by atoms with E-state index in [-0.39, 0.29) is 6.10 Å². The molecule has 0 saturated heterocycles. The van der Waals surface area contributed by atoms with Crippen molar-refractivity contribution in [1.29, 1.82) is 0 Å². The first-order chi connectivity index (χ1) is 9.13. The summed E-state index contributed by atoms with van der Waals surface area (Å²) in [7, 11) is 0. The van der Waals surface area contributed by atoms with Crippen molar-refractivity contribution in [2.75, 3.05) is 0 Å². The van der Waals surface area contributed by atoms with E-state index in [0.717, 1.165) is 31.0 Å². The monoisotopic (exact) mass is 264 g/mol. The van der Waals surface area contributed by atoms with Crippen LogP contribution in [0.2, 0.25) is 0 Å². The fourth-order valence-electron chi connectivity index (χ4n) is 5.21. The first kappa shape index (κ1) is 13.6. The fraction of sp³-hybridized carbons (Fsp3) is 0.941. The van der Waals surface area contributed by atoms with Gasteiger partial charge in [-0.1, -0.05) is 33.1 Å². The summed E-state index contributed by atoms with van der Waals surface area (Å²) < 4.78 is 6.24. The van der Waals surface area contributed by atoms with Gasteiger partial charge < -0.3 is 9.53 Å². The second kappa shape index (κ2) is 5.20. The van der Waals surface area contributed by atoms with Gasteiger partial charge in [-0.05, 0) is 49.4 Å². The van der Waals surface area contributed by atoms with Gasteiger partial charge in [0.05, 0.1) is 6.10 Å². The Morgan fingerprint density at radius 3 is 2.42 bits per heavy atom. The molecule has 3 aliphatic rings. The van der Waals surface area contributed by atoms with Crippen LogP contribution in [0.4, 0.5) is 0 Å². The molecule has 4 unspecified atom stereocenters. The minimum atomic E-state index is -0.145. The molecule has 3 fully saturated rings. The zero-order chi connectivity index (χ0) is 13.5. The standard InChI is InChI=1S/C17H28O2/c1-17(2)13-9-8-12(10-13)16(17)15(11-18)19-14-6-4-3-5-7-14/h11-16H,3-10H2,1-2H3. The van der Waals surface area contributed by atoms with Gasteiger partial charge in [0.15, 0.2) is 0 Å². The highest BCUT2D eigenvalue weighted by Gasteiger charge is 2.55. The summed E-state index contributed by atoms with van der Waals surface area (Å²) in [5, 5.41) is 0. The number of rotatable bonds is 4. The molecule has 0 amide bonds. The summed E-state index contributed by atoms with van der Waals surface area (Å²) in [6.45, 7) is 4.73. The molecule has 2 heteroatoms. The predicted octanol–water partition coefficient (Wildman–Crippen LogP) is 3.98. The van der Waals surface area contributed by atoms with Crippen molar-refractivity contribution in [1.82, 2.24) is 0 Å². The molecule has 108 valence electrons. The highest BCUT2D eigenvalue weighted by Crippen LogP contribution is 2.60. The topological polar surface area (TPSA) is 26.3 Å². The van der Waals surface area contributed by atoms with Crippen LogP contribution in [0, 0.1) is 23.2 Å². The van der Waals surface area contributed by atoms with E-state index >= 15 is 0 Å². The van der Waals surface area contributed by atoms with Crippen molar-refractivity contribution in [2.24, 2.45) is 23.2 Å². The minimum absolute atomic E-state index is 0.145. The quantitative estimate of drug-likeness (QED) is 0.718. The van der Waals surface area contributed by atoms with Crippen molar-refractivity contribution in [3.05, 3.63) is 0 Å². The van der Waals surface area contributed by atoms with Crippen molar-refractivity contribution >= 4 is 6.29 Å². The number of ether oxygens (including phenoxy) is 1. The van der Waals surface area contributed by atoms with E-state index in [9.17, 15) is 4.79 Å². The Morgan fingerprint density at radius 1 is 1.11 bits per heavy atom. The van der Waals surface area contributed by atoms with E-state index in [1.54, 1.807) is 0 Å². The lowest BCUT2D eigenvalue weighted by Crippen LogP contribution is -2.42. The van der Waals surface area contributed by atoms with Crippen LogP contribution < -0.4 is 0 Å². The third-order valence-corrected chi connectivity index (χ3v) is 6.28. The molecule has 0 aliphatic heterocycles. The van der Waals surface area contributed by atoms with E-state index in [4.69, 9.17) is 4.74 Å². The molecule has 2 bridgehead atoms. The Kier molecular flexibility index (Phi) is 3.72. The van der Waals surface area contributed by atoms with E-state index in [0.29, 0.717) is 17.4 Å². The summed E-state index contributed by atoms with van der Waals surface area (Å²) in [6.07, 6.45) is 11.5. The van der Waals surface area contributed by atoms with Crippen LogP contribution in [0.3, 0.4) is 0 Å². The van der Waals surface area contributed by atoms with Crippen LogP contribution in [-0.2, 0) is 9.53 Å². The van der Waals surface area contributed by atoms with Crippen molar-refractivity contribution in [3.63, 3.8) is 0 Å². The number of aldehydes is 1. The van der Waals surface area contributed by atoms with Crippen molar-refractivity contribution in [2.45, 2.75) is 77.4 Å². The summed E-state index contributed by atoms with van der Waals surface area (Å²) in [6, 6.07) is 0. The van der Waals surface area contributed by atoms with Gasteiger partial charge in [0, 0.05) is 5.92 Å². The summed E-state index contributed by atoms with van der Waals surface area (Å²) >= 11 is 0. The van der Waals surface area contributed by atoms with E-state index in [1.807, 2.05) is 0 Å². The number of hydrogen-bond donors (Lipinski definition) is 0. The first-order valence-corrected chi connectivity index (χ1v) is 8.23. The number of carbonyl (C=O) groups excluding carboxylic acids is 1. The summed E-state index contributed by atoms with van der Waals surface area (Å²) in [4.78, 5) is 11.6. The molecule has 2 nitrogen and oxygen atoms in total. The van der Waals surface area contributed by atoms with Gasteiger partial charge in [0.1, 0.15) is 12.4 Å². The van der Waals surface area contributed by atoms with Gasteiger partial charge in [0.25, 0.3) is 0 Å². The number of fused-ring (bicyclic) bond motifs is 2. The van der Waals surface area contributed by atoms with E-state index in [2.05, 4.69) is 13.8 Å². The van der Waals surface area contributed by atoms with Gasteiger partial charge in [-0.2, -0.15) is 0 Å². The van der Waals surface area contributed by atoms with Crippen LogP contribution in [0.5, 0.6) is 0 Å². The van der Waals surface area contributed by atoms with Crippen LogP contribution in [0.1, 0.15) is 65.2 Å². The molecule has 0 aromatic carbocycles. The zero-order valence-electron chi connectivity index (χ0n) is 12.4. The molecule has 0 aromatic heterocycles. The third kappa shape index (κ3) is 2.37. The lowest BCUT2D eigenvalue weighted by Gasteiger charge is -2.42. The van der Waals surface area contributed by atoms with Crippen LogP contribution in [0.25, 0.3) is 0 Å². The SMILES string of the molecule is CC1(C)C2CCC(C2)C1C(C=O)OC1CCCCC1. The number of hydrogen-bond acceptors (Lipinski definition) is 2. The lowest BCUT2D eigenvalue weighted by molar-refractivity contribution is -0.137. The normalized spacial score (nSPS) is 39.4. The average molecular weight is 264 g/mol. The largest absolute Gasteiger partial charge is 0.367 e. The minimum Gasteiger partial charge on any atom is -0.367 e. The van der Waals surface area contributed by atoms with Gasteiger partial charge in [-0.25, -0.2) is 0 Å². The lowest BCUT2D eigenvalue weighted by atomic mass is 9.66.